The van der Waals surface area contributed by atoms with E-state index in [-0.39, 0.29) is 54.0 Å². The van der Waals surface area contributed by atoms with Gasteiger partial charge in [-0.1, -0.05) is 18.2 Å². The van der Waals surface area contributed by atoms with Gasteiger partial charge in [0.1, 0.15) is 17.4 Å². The SMILES string of the molecule is O=C(CC1(CC(=O)Nc2cc(F)c(Oc3ccnc(NC(=O)N4CC(O)C4)c3)cc2F)CC1)Nc1ccc(F)cc1.O=S(=O)(O)c1ccccc1. The number of β-amino-alcohol motifs (C(OH)–C–C–N with tert-alkyl or cyclic N) is 1. The van der Waals surface area contributed by atoms with Crippen LogP contribution < -0.4 is 20.7 Å². The van der Waals surface area contributed by atoms with E-state index < -0.39 is 56.8 Å². The van der Waals surface area contributed by atoms with Gasteiger partial charge in [-0.05, 0) is 60.7 Å². The Bertz CT molecular complexity index is 2010. The van der Waals surface area contributed by atoms with E-state index in [1.807, 2.05) is 0 Å². The molecule has 1 saturated heterocycles. The molecule has 51 heavy (non-hydrogen) atoms. The molecule has 1 aromatic heterocycles. The molecule has 17 heteroatoms. The molecule has 3 aromatic carbocycles. The highest BCUT2D eigenvalue weighted by Gasteiger charge is 2.46. The standard InChI is InChI=1S/C28H26F3N5O5.C6H6O3S/c29-16-1-3-17(4-2-16)33-25(38)12-28(6-7-28)13-26(39)34-22-10-21(31)23(11-20(22)30)41-19-5-8-32-24(9-19)35-27(40)36-14-18(37)15-36;7-10(8,9)6-4-2-1-3-5-6/h1-5,8-11,18,37H,6-7,12-15H2,(H,33,38)(H,34,39)(H,32,35,40);1-5H,(H,7,8,9). The highest BCUT2D eigenvalue weighted by Crippen LogP contribution is 2.52. The molecule has 6 rings (SSSR count). The van der Waals surface area contributed by atoms with E-state index in [0.717, 1.165) is 12.1 Å². The largest absolute Gasteiger partial charge is 0.454 e. The summed E-state index contributed by atoms with van der Waals surface area (Å²) in [5.74, 6) is -3.49. The van der Waals surface area contributed by atoms with E-state index in [0.29, 0.717) is 18.5 Å². The van der Waals surface area contributed by atoms with Crippen LogP contribution >= 0.6 is 0 Å². The van der Waals surface area contributed by atoms with Gasteiger partial charge in [-0.3, -0.25) is 19.5 Å². The van der Waals surface area contributed by atoms with Crippen molar-refractivity contribution in [3.05, 3.63) is 103 Å². The molecule has 13 nitrogen and oxygen atoms in total. The predicted octanol–water partition coefficient (Wildman–Crippen LogP) is 5.57. The molecule has 5 N–H and O–H groups in total. The molecule has 4 aromatic rings. The molecule has 0 bridgehead atoms. The van der Waals surface area contributed by atoms with Gasteiger partial charge in [0.05, 0.1) is 29.8 Å². The molecule has 0 unspecified atom stereocenters. The number of urea groups is 1. The van der Waals surface area contributed by atoms with Crippen LogP contribution in [0.2, 0.25) is 0 Å². The molecule has 4 amide bonds. The Morgan fingerprint density at radius 3 is 2.10 bits per heavy atom. The molecule has 2 aliphatic rings. The number of carbonyl (C=O) groups excluding carboxylic acids is 3. The number of aliphatic hydroxyl groups excluding tert-OH is 1. The lowest BCUT2D eigenvalue weighted by atomic mass is 9.97. The van der Waals surface area contributed by atoms with Crippen molar-refractivity contribution in [2.24, 2.45) is 5.41 Å². The average molecular weight is 728 g/mol. The van der Waals surface area contributed by atoms with Crippen LogP contribution in [0.4, 0.5) is 35.2 Å². The van der Waals surface area contributed by atoms with Crippen LogP contribution in [-0.2, 0) is 19.7 Å². The second kappa shape index (κ2) is 15.6. The molecule has 2 heterocycles. The third-order valence-corrected chi connectivity index (χ3v) is 8.70. The van der Waals surface area contributed by atoms with Crippen LogP contribution in [0.3, 0.4) is 0 Å². The summed E-state index contributed by atoms with van der Waals surface area (Å²) in [6.07, 6.45) is 1.97. The lowest BCUT2D eigenvalue weighted by molar-refractivity contribution is -0.119. The van der Waals surface area contributed by atoms with E-state index in [2.05, 4.69) is 20.9 Å². The molecule has 0 radical (unpaired) electrons. The van der Waals surface area contributed by atoms with Crippen molar-refractivity contribution in [1.82, 2.24) is 9.88 Å². The maximum atomic E-state index is 14.8. The van der Waals surface area contributed by atoms with Crippen LogP contribution in [-0.4, -0.2) is 65.0 Å². The summed E-state index contributed by atoms with van der Waals surface area (Å²) < 4.78 is 77.3. The van der Waals surface area contributed by atoms with Gasteiger partial charge in [-0.15, -0.1) is 0 Å². The van der Waals surface area contributed by atoms with Gasteiger partial charge in [-0.2, -0.15) is 8.42 Å². The van der Waals surface area contributed by atoms with Crippen molar-refractivity contribution in [3.63, 3.8) is 0 Å². The van der Waals surface area contributed by atoms with Crippen molar-refractivity contribution in [2.75, 3.05) is 29.0 Å². The van der Waals surface area contributed by atoms with Crippen LogP contribution in [0.25, 0.3) is 0 Å². The number of ether oxygens (including phenoxy) is 1. The highest BCUT2D eigenvalue weighted by molar-refractivity contribution is 7.85. The Morgan fingerprint density at radius 1 is 0.863 bits per heavy atom. The van der Waals surface area contributed by atoms with E-state index in [9.17, 15) is 41.1 Å². The molecular weight excluding hydrogens is 695 g/mol. The first kappa shape index (κ1) is 36.8. The first-order valence-electron chi connectivity index (χ1n) is 15.4. The Hall–Kier alpha value is -5.52. The van der Waals surface area contributed by atoms with E-state index in [4.69, 9.17) is 9.29 Å². The Balaban J connectivity index is 0.000000435. The number of carbonyl (C=O) groups is 3. The second-order valence-corrected chi connectivity index (χ2v) is 13.4. The summed E-state index contributed by atoms with van der Waals surface area (Å²) in [4.78, 5) is 42.4. The minimum atomic E-state index is -4.00. The molecule has 1 saturated carbocycles. The molecular formula is C34H32F3N5O8S. The minimum Gasteiger partial charge on any atom is -0.454 e. The molecule has 1 aliphatic heterocycles. The van der Waals surface area contributed by atoms with Gasteiger partial charge in [0.25, 0.3) is 10.1 Å². The summed E-state index contributed by atoms with van der Waals surface area (Å²) in [5, 5.41) is 16.9. The smallest absolute Gasteiger partial charge is 0.323 e. The summed E-state index contributed by atoms with van der Waals surface area (Å²) >= 11 is 0. The third-order valence-electron chi connectivity index (χ3n) is 7.84. The minimum absolute atomic E-state index is 0.0514. The van der Waals surface area contributed by atoms with Crippen LogP contribution in [0.5, 0.6) is 11.5 Å². The van der Waals surface area contributed by atoms with Crippen molar-refractivity contribution in [1.29, 1.82) is 0 Å². The number of rotatable bonds is 10. The summed E-state index contributed by atoms with van der Waals surface area (Å²) in [7, 11) is -4.00. The van der Waals surface area contributed by atoms with Gasteiger partial charge in [-0.25, -0.2) is 22.9 Å². The van der Waals surface area contributed by atoms with Crippen LogP contribution in [0, 0.1) is 22.9 Å². The number of amides is 4. The number of aromatic nitrogens is 1. The number of aliphatic hydroxyl groups is 1. The maximum Gasteiger partial charge on any atom is 0.323 e. The Kier molecular flexibility index (Phi) is 11.2. The van der Waals surface area contributed by atoms with E-state index >= 15 is 0 Å². The Labute approximate surface area is 290 Å². The predicted molar refractivity (Wildman–Crippen MR) is 178 cm³/mol. The first-order chi connectivity index (χ1) is 24.2. The molecule has 0 atom stereocenters. The third kappa shape index (κ3) is 10.5. The number of nitrogens with one attached hydrogen (secondary N) is 3. The average Bonchev–Trinajstić information content (AvgIpc) is 3.81. The maximum absolute atomic E-state index is 14.8. The number of hydrogen-bond acceptors (Lipinski definition) is 8. The van der Waals surface area contributed by atoms with Crippen molar-refractivity contribution < 1.29 is 50.4 Å². The zero-order chi connectivity index (χ0) is 36.8. The number of hydrogen-bond donors (Lipinski definition) is 5. The second-order valence-electron chi connectivity index (χ2n) is 12.0. The molecule has 0 spiro atoms. The summed E-state index contributed by atoms with van der Waals surface area (Å²) in [6, 6.07) is 16.5. The van der Waals surface area contributed by atoms with Crippen molar-refractivity contribution in [3.8, 4) is 11.5 Å². The van der Waals surface area contributed by atoms with Gasteiger partial charge < -0.3 is 25.4 Å². The van der Waals surface area contributed by atoms with Gasteiger partial charge in [0.2, 0.25) is 11.8 Å². The van der Waals surface area contributed by atoms with Crippen LogP contribution in [0.1, 0.15) is 25.7 Å². The first-order valence-corrected chi connectivity index (χ1v) is 16.9. The quantitative estimate of drug-likeness (QED) is 0.130. The van der Waals surface area contributed by atoms with E-state index in [1.165, 1.54) is 59.6 Å². The fourth-order valence-electron chi connectivity index (χ4n) is 4.98. The fraction of sp³-hybridized carbons (Fsp3) is 0.235. The molecule has 2 fully saturated rings. The van der Waals surface area contributed by atoms with E-state index in [1.54, 1.807) is 18.2 Å². The zero-order valence-corrected chi connectivity index (χ0v) is 27.5. The van der Waals surface area contributed by atoms with Crippen molar-refractivity contribution >= 4 is 45.2 Å². The number of anilines is 3. The molecule has 1 aliphatic carbocycles. The number of pyridine rings is 1. The van der Waals surface area contributed by atoms with Crippen molar-refractivity contribution in [2.45, 2.75) is 36.7 Å². The zero-order valence-electron chi connectivity index (χ0n) is 26.7. The van der Waals surface area contributed by atoms with Crippen LogP contribution in [0.15, 0.2) is 90.0 Å². The molecule has 268 valence electrons. The fourth-order valence-corrected chi connectivity index (χ4v) is 5.48. The summed E-state index contributed by atoms with van der Waals surface area (Å²) in [5.41, 5.74) is -0.543. The van der Waals surface area contributed by atoms with Gasteiger partial charge in [0.15, 0.2) is 17.4 Å². The normalized spacial score (nSPS) is 14.6. The number of benzene rings is 3. The van der Waals surface area contributed by atoms with Gasteiger partial charge in [0, 0.05) is 42.9 Å². The van der Waals surface area contributed by atoms with Gasteiger partial charge >= 0.3 is 6.03 Å². The highest BCUT2D eigenvalue weighted by atomic mass is 32.2. The topological polar surface area (TPSA) is 187 Å². The lowest BCUT2D eigenvalue weighted by Gasteiger charge is -2.35. The monoisotopic (exact) mass is 727 g/mol. The number of nitrogens with zero attached hydrogens (tertiary/aromatic N) is 2. The lowest BCUT2D eigenvalue weighted by Crippen LogP contribution is -2.54. The number of likely N-dealkylation sites (tertiary alicyclic amines) is 1. The summed E-state index contributed by atoms with van der Waals surface area (Å²) in [6.45, 7) is 0.395. The Morgan fingerprint density at radius 2 is 1.51 bits per heavy atom. The number of halogens is 3.